The lowest BCUT2D eigenvalue weighted by atomic mass is 9.85. The van der Waals surface area contributed by atoms with Gasteiger partial charge in [-0.3, -0.25) is 4.79 Å². The number of ether oxygens (including phenoxy) is 1. The molecule has 0 saturated carbocycles. The van der Waals surface area contributed by atoms with Gasteiger partial charge in [0.2, 0.25) is 10.0 Å². The van der Waals surface area contributed by atoms with E-state index < -0.39 is 10.0 Å². The first-order chi connectivity index (χ1) is 13.1. The van der Waals surface area contributed by atoms with E-state index in [9.17, 15) is 13.2 Å². The van der Waals surface area contributed by atoms with Crippen LogP contribution in [0.25, 0.3) is 0 Å². The molecular formula is C21H28N2O4S. The molecule has 152 valence electrons. The lowest BCUT2D eigenvalue weighted by Gasteiger charge is -2.23. The summed E-state index contributed by atoms with van der Waals surface area (Å²) in [5.74, 6) is 0.373. The number of carbonyl (C=O) groups excluding carboxylic acids is 1. The summed E-state index contributed by atoms with van der Waals surface area (Å²) in [6.07, 6.45) is 0. The van der Waals surface area contributed by atoms with E-state index in [1.807, 2.05) is 19.1 Å². The third-order valence-electron chi connectivity index (χ3n) is 4.09. The van der Waals surface area contributed by atoms with Crippen molar-refractivity contribution < 1.29 is 17.9 Å². The van der Waals surface area contributed by atoms with Gasteiger partial charge in [0.1, 0.15) is 5.75 Å². The Bertz CT molecular complexity index is 904. The first kappa shape index (κ1) is 21.9. The van der Waals surface area contributed by atoms with Crippen LogP contribution in [-0.4, -0.2) is 34.0 Å². The van der Waals surface area contributed by atoms with Gasteiger partial charge in [0.15, 0.2) is 6.61 Å². The Kier molecular flexibility index (Phi) is 7.21. The van der Waals surface area contributed by atoms with E-state index in [4.69, 9.17) is 4.74 Å². The van der Waals surface area contributed by atoms with Crippen molar-refractivity contribution in [2.45, 2.75) is 38.0 Å². The Labute approximate surface area is 167 Å². The van der Waals surface area contributed by atoms with E-state index in [0.717, 1.165) is 11.1 Å². The van der Waals surface area contributed by atoms with Crippen molar-refractivity contribution in [3.63, 3.8) is 0 Å². The molecule has 1 amide bonds. The summed E-state index contributed by atoms with van der Waals surface area (Å²) < 4.78 is 32.3. The molecule has 0 aliphatic rings. The maximum Gasteiger partial charge on any atom is 0.257 e. The minimum absolute atomic E-state index is 0.0980. The van der Waals surface area contributed by atoms with Crippen molar-refractivity contribution in [1.82, 2.24) is 10.0 Å². The summed E-state index contributed by atoms with van der Waals surface area (Å²) in [7, 11) is -3.57. The predicted molar refractivity (Wildman–Crippen MR) is 110 cm³/mol. The molecule has 28 heavy (non-hydrogen) atoms. The fourth-order valence-electron chi connectivity index (χ4n) is 2.62. The molecule has 0 saturated heterocycles. The number of amides is 1. The van der Waals surface area contributed by atoms with E-state index in [-0.39, 0.29) is 35.9 Å². The highest BCUT2D eigenvalue weighted by molar-refractivity contribution is 7.89. The zero-order valence-corrected chi connectivity index (χ0v) is 17.6. The molecule has 2 N–H and O–H groups in total. The molecule has 0 unspecified atom stereocenters. The Morgan fingerprint density at radius 3 is 2.36 bits per heavy atom. The van der Waals surface area contributed by atoms with Crippen molar-refractivity contribution >= 4 is 15.9 Å². The van der Waals surface area contributed by atoms with Gasteiger partial charge in [0, 0.05) is 13.1 Å². The molecule has 0 fully saturated rings. The number of hydrogen-bond acceptors (Lipinski definition) is 4. The van der Waals surface area contributed by atoms with Crippen LogP contribution in [-0.2, 0) is 20.2 Å². The molecule has 0 aliphatic carbocycles. The van der Waals surface area contributed by atoms with Crippen LogP contribution in [0.15, 0.2) is 53.4 Å². The monoisotopic (exact) mass is 404 g/mol. The maximum absolute atomic E-state index is 12.1. The molecule has 0 radical (unpaired) electrons. The third-order valence-corrected chi connectivity index (χ3v) is 5.57. The zero-order valence-electron chi connectivity index (χ0n) is 16.8. The minimum Gasteiger partial charge on any atom is -0.483 e. The number of rotatable bonds is 8. The Morgan fingerprint density at radius 1 is 1.04 bits per heavy atom. The lowest BCUT2D eigenvalue weighted by molar-refractivity contribution is -0.123. The molecule has 0 bridgehead atoms. The summed E-state index contributed by atoms with van der Waals surface area (Å²) in [5.41, 5.74) is 2.07. The predicted octanol–water partition coefficient (Wildman–Crippen LogP) is 2.77. The summed E-state index contributed by atoms with van der Waals surface area (Å²) >= 11 is 0. The Morgan fingerprint density at radius 2 is 1.71 bits per heavy atom. The van der Waals surface area contributed by atoms with Gasteiger partial charge in [-0.1, -0.05) is 56.7 Å². The van der Waals surface area contributed by atoms with Gasteiger partial charge < -0.3 is 10.1 Å². The van der Waals surface area contributed by atoms with Crippen LogP contribution in [0.1, 0.15) is 31.9 Å². The number of hydrogen-bond donors (Lipinski definition) is 2. The molecule has 2 aromatic carbocycles. The number of carbonyl (C=O) groups is 1. The fraction of sp³-hybridized carbons (Fsp3) is 0.381. The standard InChI is InChI=1S/C21H28N2O4S/c1-16-10-11-19(18(14-16)21(2,3)4)27-15-20(24)22-12-13-23-28(25,26)17-8-6-5-7-9-17/h5-11,14,23H,12-13,15H2,1-4H3,(H,22,24). The summed E-state index contributed by atoms with van der Waals surface area (Å²) in [4.78, 5) is 12.2. The van der Waals surface area contributed by atoms with Crippen LogP contribution in [0.5, 0.6) is 5.75 Å². The van der Waals surface area contributed by atoms with E-state index in [0.29, 0.717) is 5.75 Å². The third kappa shape index (κ3) is 6.35. The van der Waals surface area contributed by atoms with Crippen LogP contribution in [0.2, 0.25) is 0 Å². The lowest BCUT2D eigenvalue weighted by Crippen LogP contribution is -2.36. The molecule has 2 aromatic rings. The number of sulfonamides is 1. The van der Waals surface area contributed by atoms with Gasteiger partial charge in [-0.2, -0.15) is 0 Å². The van der Waals surface area contributed by atoms with E-state index in [1.54, 1.807) is 18.2 Å². The van der Waals surface area contributed by atoms with Crippen LogP contribution >= 0.6 is 0 Å². The van der Waals surface area contributed by atoms with Crippen LogP contribution in [0.4, 0.5) is 0 Å². The van der Waals surface area contributed by atoms with Crippen molar-refractivity contribution in [3.05, 3.63) is 59.7 Å². The SMILES string of the molecule is Cc1ccc(OCC(=O)NCCNS(=O)(=O)c2ccccc2)c(C(C)(C)C)c1. The molecule has 7 heteroatoms. The Hall–Kier alpha value is -2.38. The molecule has 0 aliphatic heterocycles. The smallest absolute Gasteiger partial charge is 0.257 e. The molecule has 0 atom stereocenters. The maximum atomic E-state index is 12.1. The number of nitrogens with one attached hydrogen (secondary N) is 2. The highest BCUT2D eigenvalue weighted by atomic mass is 32.2. The first-order valence-electron chi connectivity index (χ1n) is 9.15. The summed E-state index contributed by atoms with van der Waals surface area (Å²) in [6.45, 7) is 8.43. The Balaban J connectivity index is 1.81. The molecule has 6 nitrogen and oxygen atoms in total. The first-order valence-corrected chi connectivity index (χ1v) is 10.6. The van der Waals surface area contributed by atoms with Gasteiger partial charge in [0.05, 0.1) is 4.90 Å². The van der Waals surface area contributed by atoms with Crippen molar-refractivity contribution in [2.75, 3.05) is 19.7 Å². The van der Waals surface area contributed by atoms with Gasteiger partial charge in [0.25, 0.3) is 5.91 Å². The molecule has 0 heterocycles. The van der Waals surface area contributed by atoms with Crippen LogP contribution in [0.3, 0.4) is 0 Å². The van der Waals surface area contributed by atoms with Gasteiger partial charge >= 0.3 is 0 Å². The topological polar surface area (TPSA) is 84.5 Å². The highest BCUT2D eigenvalue weighted by Gasteiger charge is 2.19. The van der Waals surface area contributed by atoms with Gasteiger partial charge in [-0.05, 0) is 36.1 Å². The average Bonchev–Trinajstić information content (AvgIpc) is 2.64. The summed E-state index contributed by atoms with van der Waals surface area (Å²) in [6, 6.07) is 14.0. The minimum atomic E-state index is -3.57. The van der Waals surface area contributed by atoms with Crippen molar-refractivity contribution in [2.24, 2.45) is 0 Å². The van der Waals surface area contributed by atoms with E-state index in [2.05, 4.69) is 36.9 Å². The fourth-order valence-corrected chi connectivity index (χ4v) is 3.67. The van der Waals surface area contributed by atoms with Crippen LogP contribution < -0.4 is 14.8 Å². The average molecular weight is 405 g/mol. The van der Waals surface area contributed by atoms with E-state index >= 15 is 0 Å². The number of benzene rings is 2. The normalized spacial score (nSPS) is 11.9. The molecule has 0 aromatic heterocycles. The van der Waals surface area contributed by atoms with Crippen LogP contribution in [0, 0.1) is 6.92 Å². The quantitative estimate of drug-likeness (QED) is 0.663. The van der Waals surface area contributed by atoms with Gasteiger partial charge in [-0.25, -0.2) is 13.1 Å². The zero-order chi connectivity index (χ0) is 20.8. The number of aryl methyl sites for hydroxylation is 1. The van der Waals surface area contributed by atoms with Crippen molar-refractivity contribution in [3.8, 4) is 5.75 Å². The second-order valence-corrected chi connectivity index (χ2v) is 9.37. The molecule has 0 spiro atoms. The summed E-state index contributed by atoms with van der Waals surface area (Å²) in [5, 5.41) is 2.66. The largest absolute Gasteiger partial charge is 0.483 e. The van der Waals surface area contributed by atoms with Crippen molar-refractivity contribution in [1.29, 1.82) is 0 Å². The second-order valence-electron chi connectivity index (χ2n) is 7.60. The molecule has 2 rings (SSSR count). The van der Waals surface area contributed by atoms with E-state index in [1.165, 1.54) is 12.1 Å². The molecular weight excluding hydrogens is 376 g/mol. The highest BCUT2D eigenvalue weighted by Crippen LogP contribution is 2.32. The second kappa shape index (κ2) is 9.21. The van der Waals surface area contributed by atoms with Gasteiger partial charge in [-0.15, -0.1) is 0 Å².